The van der Waals surface area contributed by atoms with Gasteiger partial charge in [0.05, 0.1) is 21.1 Å². The molecule has 3 aromatic carbocycles. The van der Waals surface area contributed by atoms with E-state index in [1.807, 2.05) is 0 Å². The number of ketones is 2. The van der Waals surface area contributed by atoms with Crippen LogP contribution in [0, 0.1) is 10.1 Å². The number of benzene rings is 3. The lowest BCUT2D eigenvalue weighted by Gasteiger charge is -2.19. The molecule has 0 saturated carbocycles. The van der Waals surface area contributed by atoms with Crippen molar-refractivity contribution in [2.24, 2.45) is 0 Å². The molecule has 1 aliphatic rings. The second-order valence-corrected chi connectivity index (χ2v) is 7.91. The molecule has 34 heavy (non-hydrogen) atoms. The van der Waals surface area contributed by atoms with Crippen molar-refractivity contribution in [1.82, 2.24) is 0 Å². The topological polar surface area (TPSA) is 133 Å². The van der Waals surface area contributed by atoms with Gasteiger partial charge in [-0.1, -0.05) is 47.5 Å². The van der Waals surface area contributed by atoms with Crippen molar-refractivity contribution < 1.29 is 28.8 Å². The number of anilines is 1. The molecule has 1 aliphatic carbocycles. The van der Waals surface area contributed by atoms with Gasteiger partial charge in [-0.3, -0.25) is 24.5 Å². The van der Waals surface area contributed by atoms with Gasteiger partial charge < -0.3 is 10.1 Å². The molecule has 0 saturated heterocycles. The van der Waals surface area contributed by atoms with E-state index in [0.29, 0.717) is 0 Å². The van der Waals surface area contributed by atoms with Crippen molar-refractivity contribution in [3.8, 4) is 0 Å². The maximum Gasteiger partial charge on any atom is 0.340 e. The summed E-state index contributed by atoms with van der Waals surface area (Å²) in [4.78, 5) is 60.8. The Labute approximate surface area is 201 Å². The molecular weight excluding hydrogens is 487 g/mol. The standard InChI is InChI=1S/C23H12Cl2N2O7/c24-11-5-8-17(27(32)33)16(9-11)26-18(28)10-34-23(31)15-7-6-14-19(20(15)25)22(30)13-4-2-1-3-12(13)21(14)29/h1-9H,10H2,(H,26,28). The average Bonchev–Trinajstić information content (AvgIpc) is 2.80. The molecule has 3 aromatic rings. The van der Waals surface area contributed by atoms with Crippen LogP contribution in [0.2, 0.25) is 10.0 Å². The molecule has 0 bridgehead atoms. The summed E-state index contributed by atoms with van der Waals surface area (Å²) in [6.45, 7) is -0.800. The van der Waals surface area contributed by atoms with Crippen molar-refractivity contribution in [3.05, 3.63) is 103 Å². The Bertz CT molecular complexity index is 1420. The third-order valence-electron chi connectivity index (χ3n) is 5.01. The van der Waals surface area contributed by atoms with Crippen molar-refractivity contribution in [2.75, 3.05) is 11.9 Å². The minimum atomic E-state index is -1.03. The number of nitrogens with one attached hydrogen (secondary N) is 1. The molecule has 0 heterocycles. The fourth-order valence-corrected chi connectivity index (χ4v) is 3.97. The number of nitro groups is 1. The Kier molecular flexibility index (Phi) is 6.14. The quantitative estimate of drug-likeness (QED) is 0.243. The number of halogens is 2. The highest BCUT2D eigenvalue weighted by molar-refractivity contribution is 6.41. The van der Waals surface area contributed by atoms with Crippen LogP contribution in [0.3, 0.4) is 0 Å². The van der Waals surface area contributed by atoms with Crippen LogP contribution in [-0.4, -0.2) is 35.0 Å². The number of carbonyl (C=O) groups is 4. The first-order chi connectivity index (χ1) is 16.2. The van der Waals surface area contributed by atoms with E-state index in [2.05, 4.69) is 5.32 Å². The van der Waals surface area contributed by atoms with E-state index in [1.165, 1.54) is 36.4 Å². The second kappa shape index (κ2) is 9.05. The summed E-state index contributed by atoms with van der Waals surface area (Å²) in [5, 5.41) is 13.2. The van der Waals surface area contributed by atoms with Crippen LogP contribution in [0.1, 0.15) is 42.2 Å². The monoisotopic (exact) mass is 498 g/mol. The largest absolute Gasteiger partial charge is 0.452 e. The first-order valence-electron chi connectivity index (χ1n) is 9.61. The van der Waals surface area contributed by atoms with E-state index in [-0.39, 0.29) is 43.5 Å². The Morgan fingerprint density at radius 1 is 0.941 bits per heavy atom. The molecule has 0 fully saturated rings. The van der Waals surface area contributed by atoms with Crippen LogP contribution in [0.5, 0.6) is 0 Å². The van der Waals surface area contributed by atoms with Gasteiger partial charge in [0.2, 0.25) is 0 Å². The molecular formula is C23H12Cl2N2O7. The summed E-state index contributed by atoms with van der Waals surface area (Å²) in [6.07, 6.45) is 0. The lowest BCUT2D eigenvalue weighted by Crippen LogP contribution is -2.24. The molecule has 0 aromatic heterocycles. The molecule has 0 spiro atoms. The molecule has 0 unspecified atom stereocenters. The van der Waals surface area contributed by atoms with Crippen molar-refractivity contribution in [1.29, 1.82) is 0 Å². The Morgan fingerprint density at radius 2 is 1.62 bits per heavy atom. The average molecular weight is 499 g/mol. The van der Waals surface area contributed by atoms with Crippen LogP contribution < -0.4 is 5.32 Å². The molecule has 4 rings (SSSR count). The van der Waals surface area contributed by atoms with Crippen LogP contribution >= 0.6 is 23.2 Å². The minimum absolute atomic E-state index is 0.0521. The minimum Gasteiger partial charge on any atom is -0.452 e. The van der Waals surface area contributed by atoms with Crippen molar-refractivity contribution in [3.63, 3.8) is 0 Å². The molecule has 0 aliphatic heterocycles. The highest BCUT2D eigenvalue weighted by Crippen LogP contribution is 2.34. The molecule has 1 N–H and O–H groups in total. The zero-order valence-electron chi connectivity index (χ0n) is 17.0. The number of nitrogens with zero attached hydrogens (tertiary/aromatic N) is 1. The molecule has 1 amide bonds. The lowest BCUT2D eigenvalue weighted by atomic mass is 9.83. The van der Waals surface area contributed by atoms with Gasteiger partial charge in [0, 0.05) is 27.8 Å². The summed E-state index contributed by atoms with van der Waals surface area (Å²) in [7, 11) is 0. The molecule has 9 nitrogen and oxygen atoms in total. The molecule has 0 atom stereocenters. The first kappa shape index (κ1) is 23.1. The highest BCUT2D eigenvalue weighted by atomic mass is 35.5. The normalized spacial score (nSPS) is 11.9. The predicted molar refractivity (Wildman–Crippen MR) is 122 cm³/mol. The number of nitro benzene ring substituents is 1. The lowest BCUT2D eigenvalue weighted by molar-refractivity contribution is -0.383. The van der Waals surface area contributed by atoms with Gasteiger partial charge in [-0.2, -0.15) is 0 Å². The highest BCUT2D eigenvalue weighted by Gasteiger charge is 2.33. The van der Waals surface area contributed by atoms with Crippen molar-refractivity contribution >= 4 is 58.0 Å². The third-order valence-corrected chi connectivity index (χ3v) is 5.64. The molecule has 11 heteroatoms. The number of ether oxygens (including phenoxy) is 1. The van der Waals surface area contributed by atoms with Gasteiger partial charge in [0.25, 0.3) is 11.6 Å². The molecule has 0 radical (unpaired) electrons. The third kappa shape index (κ3) is 4.14. The zero-order valence-corrected chi connectivity index (χ0v) is 18.5. The summed E-state index contributed by atoms with van der Waals surface area (Å²) >= 11 is 12.1. The smallest absolute Gasteiger partial charge is 0.340 e. The van der Waals surface area contributed by atoms with Gasteiger partial charge in [0.15, 0.2) is 18.2 Å². The summed E-state index contributed by atoms with van der Waals surface area (Å²) in [6, 6.07) is 12.4. The van der Waals surface area contributed by atoms with Crippen molar-refractivity contribution in [2.45, 2.75) is 0 Å². The van der Waals surface area contributed by atoms with Crippen LogP contribution in [0.25, 0.3) is 0 Å². The number of rotatable bonds is 5. The SMILES string of the molecule is O=C(COC(=O)c1ccc2c(c1Cl)C(=O)c1ccccc1C2=O)Nc1cc(Cl)ccc1[N+](=O)[O-]. The number of hydrogen-bond acceptors (Lipinski definition) is 7. The Balaban J connectivity index is 1.53. The van der Waals surface area contributed by atoms with Gasteiger partial charge in [0.1, 0.15) is 5.69 Å². The van der Waals surface area contributed by atoms with E-state index in [0.717, 1.165) is 6.07 Å². The van der Waals surface area contributed by atoms with Gasteiger partial charge in [-0.05, 0) is 24.3 Å². The van der Waals surface area contributed by atoms with Gasteiger partial charge >= 0.3 is 5.97 Å². The van der Waals surface area contributed by atoms with E-state index in [4.69, 9.17) is 27.9 Å². The number of amides is 1. The van der Waals surface area contributed by atoms with Crippen LogP contribution in [0.4, 0.5) is 11.4 Å². The maximum absolute atomic E-state index is 12.9. The Morgan fingerprint density at radius 3 is 2.29 bits per heavy atom. The van der Waals surface area contributed by atoms with E-state index < -0.39 is 40.7 Å². The van der Waals surface area contributed by atoms with Crippen LogP contribution in [-0.2, 0) is 9.53 Å². The zero-order chi connectivity index (χ0) is 24.6. The number of carbonyl (C=O) groups excluding carboxylic acids is 4. The first-order valence-corrected chi connectivity index (χ1v) is 10.4. The summed E-state index contributed by atoms with van der Waals surface area (Å²) < 4.78 is 4.96. The number of hydrogen-bond donors (Lipinski definition) is 1. The van der Waals surface area contributed by atoms with Gasteiger partial charge in [-0.25, -0.2) is 4.79 Å². The second-order valence-electron chi connectivity index (χ2n) is 7.10. The number of fused-ring (bicyclic) bond motifs is 2. The molecule has 170 valence electrons. The maximum atomic E-state index is 12.9. The van der Waals surface area contributed by atoms with E-state index in [1.54, 1.807) is 12.1 Å². The van der Waals surface area contributed by atoms with Gasteiger partial charge in [-0.15, -0.1) is 0 Å². The van der Waals surface area contributed by atoms with E-state index >= 15 is 0 Å². The summed E-state index contributed by atoms with van der Waals surface area (Å²) in [5.74, 6) is -2.82. The fraction of sp³-hybridized carbons (Fsp3) is 0.0435. The Hall–Kier alpha value is -4.08. The summed E-state index contributed by atoms with van der Waals surface area (Å²) in [5.41, 5.74) is -0.468. The van der Waals surface area contributed by atoms with E-state index in [9.17, 15) is 29.3 Å². The van der Waals surface area contributed by atoms with Crippen LogP contribution in [0.15, 0.2) is 54.6 Å². The number of esters is 1. The predicted octanol–water partition coefficient (Wildman–Crippen LogP) is 4.47. The fourth-order valence-electron chi connectivity index (χ4n) is 3.47.